The molecule has 4 heterocycles. The summed E-state index contributed by atoms with van der Waals surface area (Å²) in [7, 11) is 0. The van der Waals surface area contributed by atoms with Crippen LogP contribution in [0.2, 0.25) is 0 Å². The van der Waals surface area contributed by atoms with Crippen LogP contribution in [-0.4, -0.2) is 41.7 Å². The highest BCUT2D eigenvalue weighted by Gasteiger charge is 2.52. The number of phenols is 1. The third-order valence-corrected chi connectivity index (χ3v) is 7.03. The first-order valence-corrected chi connectivity index (χ1v) is 9.24. The van der Waals surface area contributed by atoms with Crippen LogP contribution < -0.4 is 15.5 Å². The van der Waals surface area contributed by atoms with Crippen molar-refractivity contribution >= 4 is 39.1 Å². The first-order valence-electron chi connectivity index (χ1n) is 8.45. The third kappa shape index (κ3) is 1.34. The van der Waals surface area contributed by atoms with Crippen LogP contribution in [0.15, 0.2) is 20.5 Å². The van der Waals surface area contributed by atoms with Crippen molar-refractivity contribution in [2.24, 2.45) is 9.98 Å². The van der Waals surface area contributed by atoms with Crippen molar-refractivity contribution in [3.63, 3.8) is 0 Å². The molecule has 4 aliphatic heterocycles. The fourth-order valence-electron chi connectivity index (χ4n) is 5.32. The molecular formula is C18H16BrN3O2. The van der Waals surface area contributed by atoms with Gasteiger partial charge in [-0.3, -0.25) is 9.98 Å². The molecule has 6 rings (SSSR count). The van der Waals surface area contributed by atoms with Gasteiger partial charge in [-0.2, -0.15) is 0 Å². The Labute approximate surface area is 146 Å². The Hall–Kier alpha value is -1.66. The van der Waals surface area contributed by atoms with E-state index in [0.717, 1.165) is 46.8 Å². The zero-order valence-corrected chi connectivity index (χ0v) is 14.5. The number of aliphatic hydroxyl groups excluding tert-OH is 1. The van der Waals surface area contributed by atoms with Gasteiger partial charge in [0.15, 0.2) is 5.75 Å². The molecule has 0 amide bonds. The summed E-state index contributed by atoms with van der Waals surface area (Å²) in [5.41, 5.74) is 4.03. The first-order chi connectivity index (χ1) is 11.6. The van der Waals surface area contributed by atoms with Crippen molar-refractivity contribution in [2.45, 2.75) is 36.8 Å². The van der Waals surface area contributed by atoms with E-state index in [0.29, 0.717) is 17.6 Å². The molecule has 0 fully saturated rings. The van der Waals surface area contributed by atoms with Crippen LogP contribution >= 0.6 is 15.9 Å². The molecular weight excluding hydrogens is 370 g/mol. The summed E-state index contributed by atoms with van der Waals surface area (Å²) < 4.78 is 0.864. The van der Waals surface area contributed by atoms with E-state index in [2.05, 4.69) is 36.9 Å². The molecule has 1 aromatic carbocycles. The SMILES string of the molecule is Oc1c2c3c4c5c1=NCCC51C=C(Br)C(O)C(C1)N4CCC=3C=N2. The van der Waals surface area contributed by atoms with Gasteiger partial charge in [0.2, 0.25) is 0 Å². The second-order valence-electron chi connectivity index (χ2n) is 7.40. The van der Waals surface area contributed by atoms with E-state index in [9.17, 15) is 10.2 Å². The van der Waals surface area contributed by atoms with E-state index in [1.54, 1.807) is 0 Å². The van der Waals surface area contributed by atoms with Gasteiger partial charge in [0.1, 0.15) is 17.1 Å². The number of aromatic hydroxyl groups is 1. The molecule has 6 heteroatoms. The summed E-state index contributed by atoms with van der Waals surface area (Å²) in [4.78, 5) is 11.5. The van der Waals surface area contributed by atoms with Gasteiger partial charge < -0.3 is 15.1 Å². The number of aliphatic imine (C=N–C) groups is 1. The van der Waals surface area contributed by atoms with Crippen molar-refractivity contribution in [2.75, 3.05) is 18.0 Å². The predicted molar refractivity (Wildman–Crippen MR) is 95.0 cm³/mol. The highest BCUT2D eigenvalue weighted by atomic mass is 79.9. The standard InChI is InChI=1S/C18H16BrN3O2/c19-9-5-18-2-3-20-14-12(18)15-11-8(7-21-13(11)17(14)24)1-4-22(15)10(6-18)16(9)23/h5,7,10,16,23-24H,1-4,6H2. The lowest BCUT2D eigenvalue weighted by molar-refractivity contribution is 0.145. The first kappa shape index (κ1) is 13.6. The molecule has 5 nitrogen and oxygen atoms in total. The number of halogens is 1. The van der Waals surface area contributed by atoms with Gasteiger partial charge in [0.25, 0.3) is 0 Å². The van der Waals surface area contributed by atoms with Crippen molar-refractivity contribution in [1.29, 1.82) is 0 Å². The Morgan fingerprint density at radius 2 is 2.25 bits per heavy atom. The smallest absolute Gasteiger partial charge is 0.167 e. The molecule has 3 atom stereocenters. The molecule has 122 valence electrons. The van der Waals surface area contributed by atoms with Gasteiger partial charge in [0, 0.05) is 40.0 Å². The minimum Gasteiger partial charge on any atom is -0.504 e. The largest absolute Gasteiger partial charge is 0.504 e. The number of phenolic OH excluding ortho intramolecular Hbond substituents is 1. The predicted octanol–water partition coefficient (Wildman–Crippen LogP) is 1.16. The van der Waals surface area contributed by atoms with Crippen LogP contribution in [0.4, 0.5) is 11.4 Å². The van der Waals surface area contributed by atoms with Crippen molar-refractivity contribution in [3.8, 4) is 5.75 Å². The van der Waals surface area contributed by atoms with E-state index in [1.165, 1.54) is 5.57 Å². The van der Waals surface area contributed by atoms with Gasteiger partial charge in [0.05, 0.1) is 11.7 Å². The fourth-order valence-corrected chi connectivity index (χ4v) is 6.06. The van der Waals surface area contributed by atoms with Crippen LogP contribution in [0.5, 0.6) is 5.75 Å². The van der Waals surface area contributed by atoms with Gasteiger partial charge in [-0.05, 0) is 24.8 Å². The topological polar surface area (TPSA) is 68.4 Å². The number of fused-ring (bicyclic) bond motifs is 2. The zero-order valence-electron chi connectivity index (χ0n) is 13.0. The van der Waals surface area contributed by atoms with Crippen LogP contribution in [0.3, 0.4) is 0 Å². The van der Waals surface area contributed by atoms with Gasteiger partial charge in [-0.15, -0.1) is 0 Å². The van der Waals surface area contributed by atoms with Crippen molar-refractivity contribution < 1.29 is 10.2 Å². The third-order valence-electron chi connectivity index (χ3n) is 6.34. The fraction of sp³-hybridized carbons (Fsp3) is 0.444. The summed E-state index contributed by atoms with van der Waals surface area (Å²) in [5, 5.41) is 23.4. The van der Waals surface area contributed by atoms with E-state index in [1.807, 2.05) is 6.21 Å². The number of rotatable bonds is 0. The number of allylic oxidation sites excluding steroid dienone is 1. The summed E-state index contributed by atoms with van der Waals surface area (Å²) in [6.07, 6.45) is 6.27. The lowest BCUT2D eigenvalue weighted by atomic mass is 9.63. The molecule has 0 saturated carbocycles. The minimum absolute atomic E-state index is 0.0682. The maximum atomic E-state index is 10.8. The number of hydrogen-bond acceptors (Lipinski definition) is 5. The Morgan fingerprint density at radius 1 is 1.38 bits per heavy atom. The number of anilines is 1. The Morgan fingerprint density at radius 3 is 3.12 bits per heavy atom. The lowest BCUT2D eigenvalue weighted by Gasteiger charge is -2.54. The summed E-state index contributed by atoms with van der Waals surface area (Å²) >= 11 is 3.60. The number of hydrogen-bond donors (Lipinski definition) is 2. The minimum atomic E-state index is -0.501. The van der Waals surface area contributed by atoms with Crippen molar-refractivity contribution in [3.05, 3.63) is 26.7 Å². The van der Waals surface area contributed by atoms with Crippen LogP contribution in [-0.2, 0) is 5.41 Å². The molecule has 0 aromatic heterocycles. The second-order valence-corrected chi connectivity index (χ2v) is 8.32. The molecule has 1 spiro atoms. The van der Waals surface area contributed by atoms with Crippen molar-refractivity contribution in [1.82, 2.24) is 0 Å². The highest BCUT2D eigenvalue weighted by molar-refractivity contribution is 9.11. The van der Waals surface area contributed by atoms with Crippen LogP contribution in [0.25, 0.3) is 5.57 Å². The molecule has 1 aromatic rings. The van der Waals surface area contributed by atoms with Gasteiger partial charge in [-0.25, -0.2) is 0 Å². The quantitative estimate of drug-likeness (QED) is 0.703. The Bertz CT molecular complexity index is 1010. The average Bonchev–Trinajstić information content (AvgIpc) is 3.01. The number of aliphatic hydroxyl groups is 1. The second kappa shape index (κ2) is 4.11. The molecule has 0 radical (unpaired) electrons. The van der Waals surface area contributed by atoms with E-state index >= 15 is 0 Å². The maximum Gasteiger partial charge on any atom is 0.167 e. The van der Waals surface area contributed by atoms with Gasteiger partial charge in [-0.1, -0.05) is 22.0 Å². The summed E-state index contributed by atoms with van der Waals surface area (Å²) in [6.45, 7) is 1.57. The zero-order chi connectivity index (χ0) is 16.2. The average molecular weight is 386 g/mol. The van der Waals surface area contributed by atoms with E-state index < -0.39 is 6.10 Å². The van der Waals surface area contributed by atoms with Gasteiger partial charge >= 0.3 is 0 Å². The van der Waals surface area contributed by atoms with Crippen LogP contribution in [0, 0.1) is 0 Å². The van der Waals surface area contributed by atoms with E-state index in [4.69, 9.17) is 0 Å². The molecule has 0 saturated heterocycles. The number of nitrogens with zero attached hydrogens (tertiary/aromatic N) is 3. The summed E-state index contributed by atoms with van der Waals surface area (Å²) in [6, 6.07) is 0.0682. The highest BCUT2D eigenvalue weighted by Crippen LogP contribution is 2.52. The molecule has 2 bridgehead atoms. The molecule has 1 aliphatic carbocycles. The molecule has 24 heavy (non-hydrogen) atoms. The Kier molecular flexibility index (Phi) is 2.33. The molecule has 2 N–H and O–H groups in total. The maximum absolute atomic E-state index is 10.8. The number of benzene rings is 1. The molecule has 5 aliphatic rings. The summed E-state index contributed by atoms with van der Waals surface area (Å²) in [5.74, 6) is 0.227. The van der Waals surface area contributed by atoms with Crippen LogP contribution in [0.1, 0.15) is 24.8 Å². The molecule has 3 unspecified atom stereocenters. The Balaban J connectivity index is 1.86. The lowest BCUT2D eigenvalue weighted by Crippen LogP contribution is -2.60. The normalized spacial score (nSPS) is 34.0. The van der Waals surface area contributed by atoms with E-state index in [-0.39, 0.29) is 17.2 Å². The monoisotopic (exact) mass is 385 g/mol.